The number of nitrogens with two attached hydrogens (primary N) is 1. The fourth-order valence-electron chi connectivity index (χ4n) is 5.73. The summed E-state index contributed by atoms with van der Waals surface area (Å²) in [4.78, 5) is 25.1. The molecule has 2 saturated heterocycles. The predicted octanol–water partition coefficient (Wildman–Crippen LogP) is 3.38. The molecule has 0 aliphatic carbocycles. The first-order valence-corrected chi connectivity index (χ1v) is 13.3. The Bertz CT molecular complexity index is 1310. The van der Waals surface area contributed by atoms with Gasteiger partial charge in [0, 0.05) is 57.5 Å². The van der Waals surface area contributed by atoms with Crippen molar-refractivity contribution in [1.29, 1.82) is 0 Å². The maximum absolute atomic E-state index is 14.1. The zero-order valence-corrected chi connectivity index (χ0v) is 21.3. The van der Waals surface area contributed by atoms with E-state index in [0.717, 1.165) is 81.1 Å². The second-order valence-corrected chi connectivity index (χ2v) is 10.4. The largest absolute Gasteiger partial charge is 0.493 e. The van der Waals surface area contributed by atoms with Crippen LogP contribution in [0, 0.1) is 5.82 Å². The molecule has 2 atom stereocenters. The number of amides is 1. The summed E-state index contributed by atoms with van der Waals surface area (Å²) < 4.78 is 22.0. The van der Waals surface area contributed by atoms with E-state index in [-0.39, 0.29) is 18.0 Å². The van der Waals surface area contributed by atoms with Crippen molar-refractivity contribution >= 4 is 23.2 Å². The standard InChI is InChI=1S/C27H34FN7O2/c1-32-10-4-5-13-37-23-14-18(28)7-8-20(23)27(36)34-11-3-2-6-22(34)21-15-25-30-24(16-26(32)35(25)31-21)33-12-9-19(29)17-33/h7-8,14-16,19,22H,2-6,9-13,17,29H2,1H3. The van der Waals surface area contributed by atoms with Crippen LogP contribution in [0.2, 0.25) is 0 Å². The zero-order chi connectivity index (χ0) is 25.5. The highest BCUT2D eigenvalue weighted by Gasteiger charge is 2.33. The fraction of sp³-hybridized carbons (Fsp3) is 0.519. The van der Waals surface area contributed by atoms with Crippen LogP contribution in [0.3, 0.4) is 0 Å². The molecule has 3 aliphatic heterocycles. The van der Waals surface area contributed by atoms with Gasteiger partial charge in [0.2, 0.25) is 0 Å². The van der Waals surface area contributed by atoms with E-state index in [2.05, 4.69) is 22.9 Å². The highest BCUT2D eigenvalue weighted by molar-refractivity contribution is 5.97. The second kappa shape index (κ2) is 9.81. The Morgan fingerprint density at radius 3 is 2.76 bits per heavy atom. The number of carbonyl (C=O) groups excluding carboxylic acids is 1. The molecule has 2 aromatic heterocycles. The number of anilines is 2. The number of hydrogen-bond acceptors (Lipinski definition) is 7. The predicted molar refractivity (Wildman–Crippen MR) is 140 cm³/mol. The molecular formula is C27H34FN7O2. The van der Waals surface area contributed by atoms with Gasteiger partial charge in [-0.2, -0.15) is 9.61 Å². The van der Waals surface area contributed by atoms with E-state index in [1.54, 1.807) is 6.07 Å². The Morgan fingerprint density at radius 2 is 1.92 bits per heavy atom. The molecule has 5 heterocycles. The van der Waals surface area contributed by atoms with Gasteiger partial charge >= 0.3 is 0 Å². The minimum absolute atomic E-state index is 0.149. The molecule has 2 fully saturated rings. The van der Waals surface area contributed by atoms with Gasteiger partial charge in [-0.1, -0.05) is 0 Å². The summed E-state index contributed by atoms with van der Waals surface area (Å²) in [5, 5.41) is 5.01. The molecule has 3 aromatic rings. The van der Waals surface area contributed by atoms with Crippen molar-refractivity contribution in [1.82, 2.24) is 19.5 Å². The third kappa shape index (κ3) is 4.58. The topological polar surface area (TPSA) is 92.2 Å². The van der Waals surface area contributed by atoms with E-state index in [1.807, 2.05) is 15.5 Å². The number of rotatable bonds is 1. The average molecular weight is 508 g/mol. The summed E-state index contributed by atoms with van der Waals surface area (Å²) in [7, 11) is 2.07. The van der Waals surface area contributed by atoms with E-state index in [4.69, 9.17) is 20.6 Å². The average Bonchev–Trinajstić information content (AvgIpc) is 3.53. The number of nitrogens with zero attached hydrogens (tertiary/aromatic N) is 6. The lowest BCUT2D eigenvalue weighted by atomic mass is 9.98. The SMILES string of the molecule is CN1CCCCOc2cc(F)ccc2C(=O)N2CCCCC2c2cc3nc(N4CCC(N)C4)cc1n3n2. The maximum atomic E-state index is 14.1. The number of piperidine rings is 1. The lowest BCUT2D eigenvalue weighted by molar-refractivity contribution is 0.0601. The molecule has 3 aliphatic rings. The van der Waals surface area contributed by atoms with Crippen LogP contribution in [0.15, 0.2) is 30.3 Å². The van der Waals surface area contributed by atoms with Crippen molar-refractivity contribution in [2.24, 2.45) is 5.73 Å². The molecule has 37 heavy (non-hydrogen) atoms. The summed E-state index contributed by atoms with van der Waals surface area (Å²) in [5.41, 5.74) is 8.18. The van der Waals surface area contributed by atoms with Crippen molar-refractivity contribution in [2.75, 3.05) is 49.6 Å². The molecule has 1 aromatic carbocycles. The number of ether oxygens (including phenoxy) is 1. The van der Waals surface area contributed by atoms with Crippen molar-refractivity contribution in [3.05, 3.63) is 47.4 Å². The van der Waals surface area contributed by atoms with Crippen LogP contribution in [0.5, 0.6) is 5.75 Å². The molecule has 10 heteroatoms. The summed E-state index contributed by atoms with van der Waals surface area (Å²) in [6.07, 6.45) is 5.32. The van der Waals surface area contributed by atoms with Gasteiger partial charge < -0.3 is 25.2 Å². The monoisotopic (exact) mass is 507 g/mol. The van der Waals surface area contributed by atoms with Crippen LogP contribution in [0.25, 0.3) is 5.65 Å². The Hall–Kier alpha value is -3.40. The summed E-state index contributed by atoms with van der Waals surface area (Å²) in [5.74, 6) is 1.62. The number of carbonyl (C=O) groups is 1. The highest BCUT2D eigenvalue weighted by Crippen LogP contribution is 2.35. The smallest absolute Gasteiger partial charge is 0.258 e. The van der Waals surface area contributed by atoms with Gasteiger partial charge in [-0.05, 0) is 50.7 Å². The summed E-state index contributed by atoms with van der Waals surface area (Å²) >= 11 is 0. The molecule has 9 nitrogen and oxygen atoms in total. The number of halogens is 1. The van der Waals surface area contributed by atoms with Crippen LogP contribution in [-0.4, -0.2) is 71.3 Å². The lowest BCUT2D eigenvalue weighted by Crippen LogP contribution is -2.39. The van der Waals surface area contributed by atoms with Crippen LogP contribution in [-0.2, 0) is 0 Å². The first kappa shape index (κ1) is 24.0. The van der Waals surface area contributed by atoms with Gasteiger partial charge in [0.25, 0.3) is 5.91 Å². The molecule has 2 N–H and O–H groups in total. The van der Waals surface area contributed by atoms with Crippen molar-refractivity contribution in [3.8, 4) is 5.75 Å². The molecule has 2 bridgehead atoms. The molecule has 6 rings (SSSR count). The molecule has 2 unspecified atom stereocenters. The van der Waals surface area contributed by atoms with Gasteiger partial charge in [-0.25, -0.2) is 9.37 Å². The van der Waals surface area contributed by atoms with Gasteiger partial charge in [-0.15, -0.1) is 0 Å². The Labute approximate surface area is 216 Å². The van der Waals surface area contributed by atoms with E-state index < -0.39 is 5.82 Å². The first-order valence-electron chi connectivity index (χ1n) is 13.3. The zero-order valence-electron chi connectivity index (χ0n) is 21.3. The molecule has 1 amide bonds. The number of aromatic nitrogens is 3. The third-order valence-electron chi connectivity index (χ3n) is 7.78. The van der Waals surface area contributed by atoms with E-state index in [1.165, 1.54) is 12.1 Å². The number of hydrogen-bond donors (Lipinski definition) is 1. The molecule has 0 radical (unpaired) electrons. The van der Waals surface area contributed by atoms with E-state index in [9.17, 15) is 9.18 Å². The fourth-order valence-corrected chi connectivity index (χ4v) is 5.73. The molecule has 196 valence electrons. The van der Waals surface area contributed by atoms with Crippen molar-refractivity contribution in [3.63, 3.8) is 0 Å². The lowest BCUT2D eigenvalue weighted by Gasteiger charge is -2.35. The molecule has 0 saturated carbocycles. The van der Waals surface area contributed by atoms with E-state index in [0.29, 0.717) is 24.5 Å². The van der Waals surface area contributed by atoms with E-state index >= 15 is 0 Å². The Kier molecular flexibility index (Phi) is 6.36. The minimum atomic E-state index is -0.410. The first-order chi connectivity index (χ1) is 18.0. The third-order valence-corrected chi connectivity index (χ3v) is 7.78. The Balaban J connectivity index is 1.45. The summed E-state index contributed by atoms with van der Waals surface area (Å²) in [6, 6.07) is 8.27. The normalized spacial score (nSPS) is 23.0. The van der Waals surface area contributed by atoms with Crippen molar-refractivity contribution in [2.45, 2.75) is 50.6 Å². The summed E-state index contributed by atoms with van der Waals surface area (Å²) in [6.45, 7) is 3.49. The number of benzene rings is 1. The Morgan fingerprint density at radius 1 is 1.05 bits per heavy atom. The van der Waals surface area contributed by atoms with Crippen LogP contribution in [0.1, 0.15) is 60.6 Å². The number of fused-ring (bicyclic) bond motifs is 4. The quantitative estimate of drug-likeness (QED) is 0.540. The second-order valence-electron chi connectivity index (χ2n) is 10.4. The molecular weight excluding hydrogens is 473 g/mol. The van der Waals surface area contributed by atoms with Crippen LogP contribution >= 0.6 is 0 Å². The van der Waals surface area contributed by atoms with Crippen LogP contribution < -0.4 is 20.3 Å². The van der Waals surface area contributed by atoms with Crippen LogP contribution in [0.4, 0.5) is 16.0 Å². The van der Waals surface area contributed by atoms with Gasteiger partial charge in [0.1, 0.15) is 23.2 Å². The van der Waals surface area contributed by atoms with Crippen molar-refractivity contribution < 1.29 is 13.9 Å². The molecule has 0 spiro atoms. The minimum Gasteiger partial charge on any atom is -0.493 e. The van der Waals surface area contributed by atoms with Gasteiger partial charge in [0.15, 0.2) is 5.65 Å². The maximum Gasteiger partial charge on any atom is 0.258 e. The van der Waals surface area contributed by atoms with Gasteiger partial charge in [-0.3, -0.25) is 4.79 Å². The highest BCUT2D eigenvalue weighted by atomic mass is 19.1. The van der Waals surface area contributed by atoms with Gasteiger partial charge in [0.05, 0.1) is 23.9 Å².